The normalized spacial score (nSPS) is 14.1. The molecule has 2 heterocycles. The summed E-state index contributed by atoms with van der Waals surface area (Å²) in [6.07, 6.45) is 7.29. The lowest BCUT2D eigenvalue weighted by Gasteiger charge is -2.13. The number of hydrogen-bond acceptors (Lipinski definition) is 2. The predicted molar refractivity (Wildman–Crippen MR) is 108 cm³/mol. The second kappa shape index (κ2) is 9.05. The zero-order valence-electron chi connectivity index (χ0n) is 14.5. The Kier molecular flexibility index (Phi) is 7.39. The Hall–Kier alpha value is -0.570. The highest BCUT2D eigenvalue weighted by Crippen LogP contribution is 2.34. The molecule has 0 amide bonds. The van der Waals surface area contributed by atoms with Crippen molar-refractivity contribution in [3.05, 3.63) is 42.0 Å². The van der Waals surface area contributed by atoms with Crippen LogP contribution in [0.3, 0.4) is 0 Å². The van der Waals surface area contributed by atoms with E-state index in [1.54, 1.807) is 11.3 Å². The smallest absolute Gasteiger partial charge is 0.0551 e. The molecule has 1 atom stereocenters. The predicted octanol–water partition coefficient (Wildman–Crippen LogP) is 6.24. The molecule has 0 fully saturated rings. The molecule has 2 aromatic rings. The lowest BCUT2D eigenvalue weighted by molar-refractivity contribution is 0.452. The Morgan fingerprint density at radius 2 is 2.09 bits per heavy atom. The van der Waals surface area contributed by atoms with E-state index in [2.05, 4.69) is 44.9 Å². The van der Waals surface area contributed by atoms with Crippen LogP contribution in [-0.4, -0.2) is 0 Å². The first-order chi connectivity index (χ1) is 11.1. The van der Waals surface area contributed by atoms with Crippen molar-refractivity contribution >= 4 is 46.4 Å². The number of halogens is 1. The standard InChI is InChI=1S/C20H27ClS2/c1-5-8-9-15(6-2)12-19-17(21)13-18(23-19)16(7-3)20-14(4)10-11-22-20/h10-11,13,15H,4-9,12H2,1-3H3/b20-16-. The third-order valence-electron chi connectivity index (χ3n) is 4.45. The van der Waals surface area contributed by atoms with Gasteiger partial charge in [-0.05, 0) is 47.1 Å². The number of unbranched alkanes of at least 4 members (excludes halogenated alkanes) is 1. The Labute approximate surface area is 153 Å². The summed E-state index contributed by atoms with van der Waals surface area (Å²) < 4.78 is 1.31. The summed E-state index contributed by atoms with van der Waals surface area (Å²) in [5.41, 5.74) is 1.39. The largest absolute Gasteiger partial charge is 0.144 e. The summed E-state index contributed by atoms with van der Waals surface area (Å²) in [4.78, 5) is 2.68. The summed E-state index contributed by atoms with van der Waals surface area (Å²) in [6, 6.07) is 4.27. The van der Waals surface area contributed by atoms with Gasteiger partial charge in [0.2, 0.25) is 0 Å². The van der Waals surface area contributed by atoms with E-state index >= 15 is 0 Å². The summed E-state index contributed by atoms with van der Waals surface area (Å²) in [7, 11) is 0. The van der Waals surface area contributed by atoms with Gasteiger partial charge < -0.3 is 0 Å². The fourth-order valence-corrected chi connectivity index (χ4v) is 5.65. The molecule has 1 unspecified atom stereocenters. The molecule has 0 bridgehead atoms. The van der Waals surface area contributed by atoms with Crippen LogP contribution in [0.1, 0.15) is 62.6 Å². The van der Waals surface area contributed by atoms with Crippen LogP contribution in [0.4, 0.5) is 0 Å². The van der Waals surface area contributed by atoms with Crippen LogP contribution in [0.2, 0.25) is 5.02 Å². The van der Waals surface area contributed by atoms with Gasteiger partial charge >= 0.3 is 0 Å². The average molecular weight is 367 g/mol. The topological polar surface area (TPSA) is 0 Å². The van der Waals surface area contributed by atoms with Crippen molar-refractivity contribution in [2.24, 2.45) is 5.92 Å². The highest BCUT2D eigenvalue weighted by molar-refractivity contribution is 7.14. The summed E-state index contributed by atoms with van der Waals surface area (Å²) >= 11 is 10.2. The van der Waals surface area contributed by atoms with E-state index in [0.29, 0.717) is 0 Å². The van der Waals surface area contributed by atoms with Crippen molar-refractivity contribution in [2.75, 3.05) is 0 Å². The molecule has 0 aromatic carbocycles. The van der Waals surface area contributed by atoms with E-state index in [1.807, 2.05) is 11.3 Å². The summed E-state index contributed by atoms with van der Waals surface area (Å²) in [5, 5.41) is 4.21. The Bertz CT molecular complexity index is 723. The van der Waals surface area contributed by atoms with Crippen molar-refractivity contribution < 1.29 is 0 Å². The molecule has 0 aliphatic heterocycles. The summed E-state index contributed by atoms with van der Waals surface area (Å²) in [5.74, 6) is 0.758. The van der Waals surface area contributed by atoms with Crippen LogP contribution in [-0.2, 0) is 6.42 Å². The van der Waals surface area contributed by atoms with Crippen molar-refractivity contribution in [3.63, 3.8) is 0 Å². The third kappa shape index (κ3) is 4.71. The third-order valence-corrected chi connectivity index (χ3v) is 7.13. The van der Waals surface area contributed by atoms with Gasteiger partial charge in [-0.2, -0.15) is 0 Å². The minimum absolute atomic E-state index is 0.758. The Balaban J connectivity index is 2.31. The van der Waals surface area contributed by atoms with Crippen molar-refractivity contribution in [1.29, 1.82) is 0 Å². The molecule has 0 spiro atoms. The summed E-state index contributed by atoms with van der Waals surface area (Å²) in [6.45, 7) is 10.9. The number of rotatable bonds is 8. The van der Waals surface area contributed by atoms with Gasteiger partial charge in [-0.3, -0.25) is 0 Å². The van der Waals surface area contributed by atoms with Gasteiger partial charge in [0.15, 0.2) is 0 Å². The van der Waals surface area contributed by atoms with Gasteiger partial charge in [-0.15, -0.1) is 22.7 Å². The highest BCUT2D eigenvalue weighted by Gasteiger charge is 2.15. The van der Waals surface area contributed by atoms with Gasteiger partial charge in [0.25, 0.3) is 0 Å². The van der Waals surface area contributed by atoms with Crippen LogP contribution < -0.4 is 9.75 Å². The van der Waals surface area contributed by atoms with Gasteiger partial charge in [0, 0.05) is 14.3 Å². The number of thiophene rings is 2. The van der Waals surface area contributed by atoms with Crippen LogP contribution in [0.15, 0.2) is 17.5 Å². The fraction of sp³-hybridized carbons (Fsp3) is 0.500. The SMILES string of the molecule is C=c1ccs/c1=C(/CC)c1cc(Cl)c(CC(CC)CCCC)s1. The molecule has 3 heteroatoms. The molecule has 0 radical (unpaired) electrons. The molecule has 0 N–H and O–H groups in total. The van der Waals surface area contributed by atoms with E-state index in [9.17, 15) is 0 Å². The van der Waals surface area contributed by atoms with E-state index in [0.717, 1.165) is 29.0 Å². The van der Waals surface area contributed by atoms with E-state index in [-0.39, 0.29) is 0 Å². The van der Waals surface area contributed by atoms with Crippen LogP contribution in [0.5, 0.6) is 0 Å². The minimum Gasteiger partial charge on any atom is -0.144 e. The highest BCUT2D eigenvalue weighted by atomic mass is 35.5. The first kappa shape index (κ1) is 18.8. The molecule has 2 rings (SSSR count). The van der Waals surface area contributed by atoms with E-state index in [4.69, 9.17) is 11.6 Å². The number of hydrogen-bond donors (Lipinski definition) is 0. The molecular weight excluding hydrogens is 340 g/mol. The minimum atomic E-state index is 0.758. The van der Waals surface area contributed by atoms with Crippen molar-refractivity contribution in [3.8, 4) is 0 Å². The van der Waals surface area contributed by atoms with E-state index < -0.39 is 0 Å². The van der Waals surface area contributed by atoms with Gasteiger partial charge in [-0.1, -0.05) is 64.6 Å². The Morgan fingerprint density at radius 1 is 1.30 bits per heavy atom. The van der Waals surface area contributed by atoms with Gasteiger partial charge in [-0.25, -0.2) is 0 Å². The Morgan fingerprint density at radius 3 is 2.65 bits per heavy atom. The quantitative estimate of drug-likeness (QED) is 0.518. The fourth-order valence-electron chi connectivity index (χ4n) is 2.95. The molecule has 0 saturated carbocycles. The van der Waals surface area contributed by atoms with Crippen molar-refractivity contribution in [2.45, 2.75) is 59.3 Å². The molecule has 0 saturated heterocycles. The second-order valence-corrected chi connectivity index (χ2v) is 8.57. The lowest BCUT2D eigenvalue weighted by atomic mass is 9.95. The average Bonchev–Trinajstić information content (AvgIpc) is 3.11. The van der Waals surface area contributed by atoms with Gasteiger partial charge in [0.05, 0.1) is 5.02 Å². The maximum atomic E-state index is 6.57. The van der Waals surface area contributed by atoms with Gasteiger partial charge in [0.1, 0.15) is 0 Å². The zero-order chi connectivity index (χ0) is 16.8. The molecule has 0 nitrogen and oxygen atoms in total. The maximum Gasteiger partial charge on any atom is 0.0551 e. The molecule has 2 aromatic heterocycles. The van der Waals surface area contributed by atoms with Crippen LogP contribution in [0, 0.1) is 5.92 Å². The zero-order valence-corrected chi connectivity index (χ0v) is 16.8. The van der Waals surface area contributed by atoms with Crippen molar-refractivity contribution in [1.82, 2.24) is 0 Å². The molecule has 0 aliphatic carbocycles. The second-order valence-electron chi connectivity index (χ2n) is 6.11. The molecule has 0 aliphatic rings. The van der Waals surface area contributed by atoms with Crippen LogP contribution in [0.25, 0.3) is 12.2 Å². The van der Waals surface area contributed by atoms with Crippen LogP contribution >= 0.6 is 34.3 Å². The monoisotopic (exact) mass is 366 g/mol. The van der Waals surface area contributed by atoms with E-state index in [1.165, 1.54) is 45.5 Å². The lowest BCUT2D eigenvalue weighted by Crippen LogP contribution is -2.18. The molecule has 126 valence electrons. The maximum absolute atomic E-state index is 6.57. The molecule has 23 heavy (non-hydrogen) atoms. The first-order valence-electron chi connectivity index (χ1n) is 8.64. The molecular formula is C20H27ClS2. The first-order valence-corrected chi connectivity index (χ1v) is 10.7.